The number of phenolic OH excluding ortho intramolecular Hbond substituents is 3. The second-order valence-electron chi connectivity index (χ2n) is 27.3. The van der Waals surface area contributed by atoms with Gasteiger partial charge in [-0.3, -0.25) is 33.6 Å². The van der Waals surface area contributed by atoms with Crippen LogP contribution in [0, 0.1) is 5.92 Å². The molecule has 588 valence electrons. The Morgan fingerprint density at radius 1 is 0.716 bits per heavy atom. The summed E-state index contributed by atoms with van der Waals surface area (Å²) in [5, 5.41) is 135. The van der Waals surface area contributed by atoms with Gasteiger partial charge >= 0.3 is 11.9 Å². The largest absolute Gasteiger partial charge is 0.508 e. The van der Waals surface area contributed by atoms with Gasteiger partial charge in [-0.15, -0.1) is 0 Å². The Balaban J connectivity index is 1.22. The minimum atomic E-state index is -2.38. The number of carbonyl (C=O) groups excluding carboxylic acids is 8. The minimum absolute atomic E-state index is 0.112. The van der Waals surface area contributed by atoms with Crippen LogP contribution in [0.3, 0.4) is 0 Å². The van der Waals surface area contributed by atoms with Crippen LogP contribution in [0.15, 0.2) is 78.9 Å². The highest BCUT2D eigenvalue weighted by Crippen LogP contribution is 2.50. The van der Waals surface area contributed by atoms with E-state index in [0.717, 1.165) is 73.8 Å². The highest BCUT2D eigenvalue weighted by atomic mass is 35.5. The Bertz CT molecular complexity index is 4330. The van der Waals surface area contributed by atoms with Crippen molar-refractivity contribution in [2.45, 2.75) is 162 Å². The first-order chi connectivity index (χ1) is 51.6. The fourth-order valence-corrected chi connectivity index (χ4v) is 13.8. The van der Waals surface area contributed by atoms with Crippen molar-refractivity contribution in [2.24, 2.45) is 11.7 Å². The number of amides is 7. The average Bonchev–Trinajstić information content (AvgIpc) is 0.769. The van der Waals surface area contributed by atoms with Gasteiger partial charge in [-0.05, 0) is 110 Å². The molecular formula is C71H83Cl2N9O27. The van der Waals surface area contributed by atoms with Gasteiger partial charge in [-0.1, -0.05) is 55.2 Å². The van der Waals surface area contributed by atoms with Gasteiger partial charge in [0, 0.05) is 48.4 Å². The van der Waals surface area contributed by atoms with E-state index in [-0.39, 0.29) is 52.8 Å². The predicted octanol–water partition coefficient (Wildman–Crippen LogP) is -0.0749. The lowest BCUT2D eigenvalue weighted by atomic mass is 9.84. The van der Waals surface area contributed by atoms with Crippen molar-refractivity contribution in [1.82, 2.24) is 42.5 Å². The summed E-state index contributed by atoms with van der Waals surface area (Å²) < 4.78 is 49.1. The fraction of sp³-hybridized carbons (Fsp3) is 0.451. The molecule has 11 bridgehead atoms. The molecule has 0 spiro atoms. The van der Waals surface area contributed by atoms with Crippen LogP contribution in [0.5, 0.6) is 46.0 Å². The molecule has 20 N–H and O–H groups in total. The number of esters is 1. The maximum Gasteiger partial charge on any atom is 0.336 e. The molecule has 5 aromatic rings. The topological polar surface area (TPSA) is 552 Å². The number of primary amides is 1. The third kappa shape index (κ3) is 17.8. The number of likely N-dealkylation sites (N-methyl/N-ethyl adjacent to an activating group) is 1. The van der Waals surface area contributed by atoms with E-state index in [4.69, 9.17) is 66.8 Å². The zero-order valence-electron chi connectivity index (χ0n) is 59.3. The van der Waals surface area contributed by atoms with E-state index in [1.54, 1.807) is 6.92 Å². The molecular weight excluding hydrogens is 1480 g/mol. The molecule has 0 saturated carbocycles. The molecule has 7 aliphatic heterocycles. The summed E-state index contributed by atoms with van der Waals surface area (Å²) in [7, 11) is 3.87. The number of carboxylic acids is 1. The molecule has 109 heavy (non-hydrogen) atoms. The van der Waals surface area contributed by atoms with Gasteiger partial charge in [0.05, 0.1) is 48.4 Å². The molecule has 38 heteroatoms. The number of halogens is 2. The normalized spacial score (nSPS) is 28.4. The number of carbonyl (C=O) groups is 9. The fourth-order valence-electron chi connectivity index (χ4n) is 13.4. The molecule has 0 radical (unpaired) electrons. The molecule has 15 unspecified atom stereocenters. The number of hydrogen-bond acceptors (Lipinski definition) is 28. The Labute approximate surface area is 630 Å². The van der Waals surface area contributed by atoms with Crippen molar-refractivity contribution in [1.29, 1.82) is 0 Å². The predicted molar refractivity (Wildman–Crippen MR) is 376 cm³/mol. The molecule has 0 aromatic heterocycles. The molecule has 5 aromatic carbocycles. The number of nitrogens with two attached hydrogens (primary N) is 1. The molecule has 19 atom stereocenters. The Kier molecular flexibility index (Phi) is 25.5. The first kappa shape index (κ1) is 81.7. The number of ether oxygens (including phenoxy) is 8. The summed E-state index contributed by atoms with van der Waals surface area (Å²) in [6.07, 6.45) is -20.5. The lowest BCUT2D eigenvalue weighted by Gasteiger charge is -2.48. The van der Waals surface area contributed by atoms with Crippen LogP contribution in [-0.4, -0.2) is 224 Å². The van der Waals surface area contributed by atoms with Crippen molar-refractivity contribution in [3.05, 3.63) is 117 Å². The minimum Gasteiger partial charge on any atom is -0.508 e. The number of methoxy groups -OCH3 is 2. The van der Waals surface area contributed by atoms with Crippen LogP contribution in [0.1, 0.15) is 105 Å². The first-order valence-corrected chi connectivity index (χ1v) is 34.8. The second-order valence-corrected chi connectivity index (χ2v) is 28.1. The number of carboxylic acid groups (broad SMARTS) is 1. The van der Waals surface area contributed by atoms with E-state index in [1.807, 2.05) is 13.8 Å². The van der Waals surface area contributed by atoms with Crippen molar-refractivity contribution < 1.29 is 132 Å². The van der Waals surface area contributed by atoms with Gasteiger partial charge < -0.3 is 137 Å². The number of nitrogens with one attached hydrogen (secondary N) is 8. The standard InChI is InChI=1S/C71H83Cl2N9O27/c1-26(2)14-37(75-5)62(93)81-53-55(88)29-9-12-41(35(72)16-29)105-43-18-31-19-44(59(43)109-70-60(58(91)57(90)46(25-83)107-70)108-48-23-71(4,61(92)27(3)104-48)76-24-45(102-6)69(101)103-7)106-42-13-10-30(17-36(42)73)56(89)54-67(98)80-52(68(99)100)34-20-32(84)21-40(86)49(34)33-15-28(8-11-39(33)85)50(64(95)82-54)79-65(96)51(31)78-63(94)38(22-47(74)87)77-66(53)97/h8-13,15-21,26-27,37-38,45-46,48,50-58,60-61,70,75-76,83-86,88-92H,14,22-25H2,1-7H3,(H2,74,87)(H,77,97)(H,78,94)(H,79,96)(H,80,98)(H,81,93)(H,82,95)(H,99,100)/t27?,37-,38?,45?,46?,48?,50?,51?,52?,53+,54+,55?,56-,57?,58?,60?,61?,70?,71?/m1/s1. The molecule has 12 rings (SSSR count). The Hall–Kier alpha value is -9.77. The van der Waals surface area contributed by atoms with Crippen LogP contribution in [0.4, 0.5) is 0 Å². The monoisotopic (exact) mass is 1560 g/mol. The van der Waals surface area contributed by atoms with Crippen LogP contribution in [0.25, 0.3) is 11.1 Å². The lowest BCUT2D eigenvalue weighted by Crippen LogP contribution is -2.66. The number of aliphatic hydroxyl groups excluding tert-OH is 6. The van der Waals surface area contributed by atoms with Gasteiger partial charge in [-0.2, -0.15) is 0 Å². The summed E-state index contributed by atoms with van der Waals surface area (Å²) in [6.45, 7) is 5.43. The lowest BCUT2D eigenvalue weighted by molar-refractivity contribution is -0.334. The highest BCUT2D eigenvalue weighted by Gasteiger charge is 2.52. The Morgan fingerprint density at radius 3 is 1.92 bits per heavy atom. The van der Waals surface area contributed by atoms with Gasteiger partial charge in [0.15, 0.2) is 36.0 Å². The number of hydrogen-bond donors (Lipinski definition) is 19. The van der Waals surface area contributed by atoms with Gasteiger partial charge in [0.2, 0.25) is 53.4 Å². The van der Waals surface area contributed by atoms with Gasteiger partial charge in [0.1, 0.15) is 89.5 Å². The summed E-state index contributed by atoms with van der Waals surface area (Å²) in [6, 6.07) is -0.978. The zero-order valence-corrected chi connectivity index (χ0v) is 60.8. The maximum absolute atomic E-state index is 16.1. The number of aromatic hydroxyl groups is 3. The number of aliphatic carboxylic acids is 1. The number of fused-ring (bicyclic) bond motifs is 15. The number of aliphatic hydroxyl groups is 6. The van der Waals surface area contributed by atoms with Crippen LogP contribution < -0.4 is 62.5 Å². The third-order valence-corrected chi connectivity index (χ3v) is 19.8. The van der Waals surface area contributed by atoms with E-state index in [9.17, 15) is 79.8 Å². The van der Waals surface area contributed by atoms with E-state index in [1.165, 1.54) is 33.2 Å². The maximum atomic E-state index is 16.1. The summed E-state index contributed by atoms with van der Waals surface area (Å²) in [4.78, 5) is 130. The second kappa shape index (κ2) is 34.0. The summed E-state index contributed by atoms with van der Waals surface area (Å²) >= 11 is 14.2. The molecule has 2 fully saturated rings. The third-order valence-electron chi connectivity index (χ3n) is 19.2. The van der Waals surface area contributed by atoms with Crippen LogP contribution in [0.2, 0.25) is 10.0 Å². The molecule has 7 heterocycles. The van der Waals surface area contributed by atoms with Gasteiger partial charge in [0.25, 0.3) is 0 Å². The first-order valence-electron chi connectivity index (χ1n) is 34.1. The Morgan fingerprint density at radius 2 is 1.33 bits per heavy atom. The van der Waals surface area contributed by atoms with Crippen molar-refractivity contribution in [3.63, 3.8) is 0 Å². The highest BCUT2D eigenvalue weighted by molar-refractivity contribution is 6.32. The molecule has 2 saturated heterocycles. The summed E-state index contributed by atoms with van der Waals surface area (Å²) in [5.41, 5.74) is 1.39. The van der Waals surface area contributed by atoms with E-state index in [0.29, 0.717) is 0 Å². The van der Waals surface area contributed by atoms with Gasteiger partial charge in [-0.25, -0.2) is 9.59 Å². The van der Waals surface area contributed by atoms with Crippen molar-refractivity contribution in [2.75, 3.05) is 34.4 Å². The quantitative estimate of drug-likeness (QED) is 0.0510. The van der Waals surface area contributed by atoms with Crippen molar-refractivity contribution in [3.8, 4) is 57.1 Å². The number of phenols is 3. The molecule has 7 amide bonds. The van der Waals surface area contributed by atoms with E-state index in [2.05, 4.69) is 42.5 Å². The number of rotatable bonds is 18. The molecule has 36 nitrogen and oxygen atoms in total. The van der Waals surface area contributed by atoms with E-state index < -0.39 is 249 Å². The van der Waals surface area contributed by atoms with E-state index >= 15 is 14.4 Å². The zero-order chi connectivity index (χ0) is 79.5. The van der Waals surface area contributed by atoms with Crippen LogP contribution in [-0.2, 0) is 66.8 Å². The number of benzene rings is 5. The van der Waals surface area contributed by atoms with Crippen molar-refractivity contribution >= 4 is 76.5 Å². The smallest absolute Gasteiger partial charge is 0.336 e. The average molecular weight is 1570 g/mol. The molecule has 0 aliphatic carbocycles. The van der Waals surface area contributed by atoms with Crippen LogP contribution >= 0.6 is 23.2 Å². The SMILES string of the molecule is CN[C@H](CC(C)C)C(=O)N[C@@H]1C(=O)NC(CC(N)=O)C(=O)NC2C(=O)NC3C(=O)N[C@H](C(=O)NC(C(=O)O)c4cc(O)cc(O)c4-c4cc3ccc4O)[C@H](O)c3ccc(c(Cl)c3)Oc3cc2cc(c3OC2OC(CO)C(O)C(O)C2OC2CC(C)(NCC(OC)C(=O)OC)C(O)C(C)O2)Oc2ccc(cc2Cl)C1O. The molecule has 7 aliphatic rings. The summed E-state index contributed by atoms with van der Waals surface area (Å²) in [5.74, 6) is -17.1.